The molecule has 0 amide bonds. The van der Waals surface area contributed by atoms with Gasteiger partial charge >= 0.3 is 5.69 Å². The molecule has 4 rings (SSSR count). The summed E-state index contributed by atoms with van der Waals surface area (Å²) in [4.78, 5) is 16.8. The highest BCUT2D eigenvalue weighted by Gasteiger charge is 2.04. The molecule has 0 aliphatic carbocycles. The van der Waals surface area contributed by atoms with E-state index in [0.29, 0.717) is 23.2 Å². The van der Waals surface area contributed by atoms with Crippen LogP contribution in [0.15, 0.2) is 65.5 Å². The average molecular weight is 414 g/mol. The van der Waals surface area contributed by atoms with E-state index in [2.05, 4.69) is 15.3 Å². The molecule has 7 heteroatoms. The number of aromatic amines is 2. The summed E-state index contributed by atoms with van der Waals surface area (Å²) in [6.45, 7) is 0.990. The highest BCUT2D eigenvalue weighted by molar-refractivity contribution is 6.35. The summed E-state index contributed by atoms with van der Waals surface area (Å²) in [5.74, 6) is 0.760. The molecule has 0 fully saturated rings. The minimum Gasteiger partial charge on any atom is -0.489 e. The molecule has 4 aromatic rings. The Labute approximate surface area is 171 Å². The number of hydrogen-bond acceptors (Lipinski definition) is 3. The number of halogens is 2. The molecule has 0 saturated heterocycles. The van der Waals surface area contributed by atoms with Crippen molar-refractivity contribution < 1.29 is 4.74 Å². The summed E-state index contributed by atoms with van der Waals surface area (Å²) in [5.41, 5.74) is 4.21. The van der Waals surface area contributed by atoms with E-state index in [0.717, 1.165) is 33.6 Å². The number of ether oxygens (including phenoxy) is 1. The zero-order valence-electron chi connectivity index (χ0n) is 14.8. The topological polar surface area (TPSA) is 69.9 Å². The standard InChI is InChI=1S/C21H17Cl2N3O2/c22-15-5-4-14(18(23)9-15)12-28-17-3-1-2-13(8-17)11-24-16-6-7-19-20(10-16)26-21(27)25-19/h1-10,24H,11-12H2,(H2,25,26,27). The van der Waals surface area contributed by atoms with E-state index in [1.807, 2.05) is 48.5 Å². The van der Waals surface area contributed by atoms with E-state index >= 15 is 0 Å². The quantitative estimate of drug-likeness (QED) is 0.398. The fourth-order valence-corrected chi connectivity index (χ4v) is 3.35. The average Bonchev–Trinajstić information content (AvgIpc) is 3.05. The lowest BCUT2D eigenvalue weighted by atomic mass is 10.2. The van der Waals surface area contributed by atoms with Crippen molar-refractivity contribution in [1.82, 2.24) is 9.97 Å². The third-order valence-corrected chi connectivity index (χ3v) is 4.91. The Morgan fingerprint density at radius 1 is 0.929 bits per heavy atom. The Hall–Kier alpha value is -2.89. The number of rotatable bonds is 6. The molecule has 0 bridgehead atoms. The zero-order chi connectivity index (χ0) is 19.5. The van der Waals surface area contributed by atoms with Gasteiger partial charge in [-0.2, -0.15) is 0 Å². The van der Waals surface area contributed by atoms with Gasteiger partial charge in [0.2, 0.25) is 0 Å². The first-order valence-corrected chi connectivity index (χ1v) is 9.44. The molecule has 1 aromatic heterocycles. The van der Waals surface area contributed by atoms with E-state index in [1.54, 1.807) is 12.1 Å². The number of aromatic nitrogens is 2. The highest BCUT2D eigenvalue weighted by Crippen LogP contribution is 2.23. The lowest BCUT2D eigenvalue weighted by molar-refractivity contribution is 0.306. The molecule has 28 heavy (non-hydrogen) atoms. The summed E-state index contributed by atoms with van der Waals surface area (Å²) in [7, 11) is 0. The van der Waals surface area contributed by atoms with Crippen molar-refractivity contribution in [3.8, 4) is 5.75 Å². The number of hydrogen-bond donors (Lipinski definition) is 3. The van der Waals surface area contributed by atoms with Gasteiger partial charge in [0.15, 0.2) is 0 Å². The Morgan fingerprint density at radius 3 is 2.64 bits per heavy atom. The van der Waals surface area contributed by atoms with Crippen LogP contribution in [0.3, 0.4) is 0 Å². The van der Waals surface area contributed by atoms with Crippen LogP contribution in [0.5, 0.6) is 5.75 Å². The number of H-pyrrole nitrogens is 2. The van der Waals surface area contributed by atoms with Crippen molar-refractivity contribution in [2.75, 3.05) is 5.32 Å². The van der Waals surface area contributed by atoms with Gasteiger partial charge in [0.05, 0.1) is 11.0 Å². The molecule has 1 heterocycles. The maximum Gasteiger partial charge on any atom is 0.323 e. The van der Waals surface area contributed by atoms with Gasteiger partial charge in [-0.3, -0.25) is 0 Å². The molecule has 0 aliphatic rings. The van der Waals surface area contributed by atoms with E-state index in [9.17, 15) is 4.79 Å². The van der Waals surface area contributed by atoms with Gasteiger partial charge in [0.25, 0.3) is 0 Å². The Kier molecular flexibility index (Phi) is 5.28. The van der Waals surface area contributed by atoms with Crippen molar-refractivity contribution in [2.45, 2.75) is 13.2 Å². The van der Waals surface area contributed by atoms with Gasteiger partial charge < -0.3 is 20.0 Å². The van der Waals surface area contributed by atoms with Crippen molar-refractivity contribution in [2.24, 2.45) is 0 Å². The molecule has 3 aromatic carbocycles. The van der Waals surface area contributed by atoms with Crippen LogP contribution in [0, 0.1) is 0 Å². The van der Waals surface area contributed by atoms with Crippen LogP contribution in [0.1, 0.15) is 11.1 Å². The predicted molar refractivity (Wildman–Crippen MR) is 113 cm³/mol. The lowest BCUT2D eigenvalue weighted by Gasteiger charge is -2.11. The minimum absolute atomic E-state index is 0.210. The second-order valence-electron chi connectivity index (χ2n) is 6.36. The molecular formula is C21H17Cl2N3O2. The van der Waals surface area contributed by atoms with E-state index in [1.165, 1.54) is 0 Å². The van der Waals surface area contributed by atoms with Gasteiger partial charge in [-0.05, 0) is 48.0 Å². The summed E-state index contributed by atoms with van der Waals surface area (Å²) in [6, 6.07) is 18.9. The molecular weight excluding hydrogens is 397 g/mol. The first kappa shape index (κ1) is 18.5. The smallest absolute Gasteiger partial charge is 0.323 e. The van der Waals surface area contributed by atoms with Gasteiger partial charge in [0, 0.05) is 27.8 Å². The molecule has 5 nitrogen and oxygen atoms in total. The van der Waals surface area contributed by atoms with Crippen LogP contribution >= 0.6 is 23.2 Å². The zero-order valence-corrected chi connectivity index (χ0v) is 16.3. The second-order valence-corrected chi connectivity index (χ2v) is 7.21. The Balaban J connectivity index is 1.40. The molecule has 3 N–H and O–H groups in total. The molecule has 0 atom stereocenters. The van der Waals surface area contributed by atoms with E-state index in [4.69, 9.17) is 27.9 Å². The number of anilines is 1. The highest BCUT2D eigenvalue weighted by atomic mass is 35.5. The molecule has 0 spiro atoms. The minimum atomic E-state index is -0.210. The fraction of sp³-hybridized carbons (Fsp3) is 0.0952. The molecule has 0 saturated carbocycles. The lowest BCUT2D eigenvalue weighted by Crippen LogP contribution is -2.01. The Bertz CT molecular complexity index is 1180. The second kappa shape index (κ2) is 8.00. The van der Waals surface area contributed by atoms with Crippen LogP contribution in [-0.4, -0.2) is 9.97 Å². The number of imidazole rings is 1. The van der Waals surface area contributed by atoms with Gasteiger partial charge in [-0.1, -0.05) is 41.4 Å². The number of fused-ring (bicyclic) bond motifs is 1. The monoisotopic (exact) mass is 413 g/mol. The maximum absolute atomic E-state index is 11.4. The maximum atomic E-state index is 11.4. The predicted octanol–water partition coefficient (Wildman–Crippen LogP) is 5.35. The Morgan fingerprint density at radius 2 is 1.79 bits per heavy atom. The summed E-state index contributed by atoms with van der Waals surface area (Å²) >= 11 is 12.1. The first-order valence-electron chi connectivity index (χ1n) is 8.68. The summed E-state index contributed by atoms with van der Waals surface area (Å²) < 4.78 is 5.87. The normalized spacial score (nSPS) is 10.9. The van der Waals surface area contributed by atoms with Crippen LogP contribution in [0.25, 0.3) is 11.0 Å². The molecule has 0 radical (unpaired) electrons. The number of nitrogens with one attached hydrogen (secondary N) is 3. The van der Waals surface area contributed by atoms with Crippen LogP contribution in [0.4, 0.5) is 5.69 Å². The van der Waals surface area contributed by atoms with E-state index in [-0.39, 0.29) is 5.69 Å². The van der Waals surface area contributed by atoms with E-state index < -0.39 is 0 Å². The first-order chi connectivity index (χ1) is 13.6. The molecule has 0 unspecified atom stereocenters. The summed E-state index contributed by atoms with van der Waals surface area (Å²) in [6.07, 6.45) is 0. The van der Waals surface area contributed by atoms with Crippen LogP contribution in [-0.2, 0) is 13.2 Å². The van der Waals surface area contributed by atoms with Gasteiger partial charge in [0.1, 0.15) is 12.4 Å². The van der Waals surface area contributed by atoms with Gasteiger partial charge in [-0.25, -0.2) is 4.79 Å². The SMILES string of the molecule is O=c1[nH]c2ccc(NCc3cccc(OCc4ccc(Cl)cc4Cl)c3)cc2[nH]1. The van der Waals surface area contributed by atoms with Crippen molar-refractivity contribution in [3.05, 3.63) is 92.3 Å². The third kappa shape index (κ3) is 4.32. The van der Waals surface area contributed by atoms with Crippen molar-refractivity contribution in [3.63, 3.8) is 0 Å². The number of benzene rings is 3. The fourth-order valence-electron chi connectivity index (χ4n) is 2.89. The largest absolute Gasteiger partial charge is 0.489 e. The van der Waals surface area contributed by atoms with Crippen LogP contribution in [0.2, 0.25) is 10.0 Å². The van der Waals surface area contributed by atoms with Gasteiger partial charge in [-0.15, -0.1) is 0 Å². The molecule has 0 aliphatic heterocycles. The third-order valence-electron chi connectivity index (χ3n) is 4.32. The van der Waals surface area contributed by atoms with Crippen molar-refractivity contribution in [1.29, 1.82) is 0 Å². The molecule has 142 valence electrons. The van der Waals surface area contributed by atoms with Crippen molar-refractivity contribution >= 4 is 39.9 Å². The van der Waals surface area contributed by atoms with Crippen LogP contribution < -0.4 is 15.7 Å². The summed E-state index contributed by atoms with van der Waals surface area (Å²) in [5, 5.41) is 4.54.